The van der Waals surface area contributed by atoms with Gasteiger partial charge in [-0.05, 0) is 56.7 Å². The number of rotatable bonds is 4. The SMILES string of the molecule is C=CC[Si](C)(C)OC1CC2CCC1C2. The van der Waals surface area contributed by atoms with Crippen molar-refractivity contribution in [3.05, 3.63) is 12.7 Å². The standard InChI is InChI=1S/C12H22OSi/c1-4-7-14(2,3)13-12-9-10-5-6-11(12)8-10/h4,10-12H,1,5-9H2,2-3H3. The van der Waals surface area contributed by atoms with E-state index in [1.165, 1.54) is 25.7 Å². The third-order valence-electron chi connectivity index (χ3n) is 3.78. The Morgan fingerprint density at radius 2 is 2.14 bits per heavy atom. The molecule has 0 spiro atoms. The van der Waals surface area contributed by atoms with Crippen LogP contribution in [-0.4, -0.2) is 14.4 Å². The second kappa shape index (κ2) is 3.82. The van der Waals surface area contributed by atoms with Gasteiger partial charge in [0.25, 0.3) is 0 Å². The zero-order valence-electron chi connectivity index (χ0n) is 9.46. The Morgan fingerprint density at radius 1 is 1.36 bits per heavy atom. The topological polar surface area (TPSA) is 9.23 Å². The Morgan fingerprint density at radius 3 is 2.64 bits per heavy atom. The van der Waals surface area contributed by atoms with Crippen LogP contribution >= 0.6 is 0 Å². The lowest BCUT2D eigenvalue weighted by Gasteiger charge is -2.31. The van der Waals surface area contributed by atoms with Crippen molar-refractivity contribution >= 4 is 8.32 Å². The van der Waals surface area contributed by atoms with Crippen molar-refractivity contribution in [1.82, 2.24) is 0 Å². The Labute approximate surface area is 88.7 Å². The van der Waals surface area contributed by atoms with E-state index in [2.05, 4.69) is 19.7 Å². The lowest BCUT2D eigenvalue weighted by atomic mass is 9.98. The third kappa shape index (κ3) is 2.11. The maximum atomic E-state index is 6.34. The predicted molar refractivity (Wildman–Crippen MR) is 62.8 cm³/mol. The summed E-state index contributed by atoms with van der Waals surface area (Å²) >= 11 is 0. The molecule has 3 unspecified atom stereocenters. The Kier molecular flexibility index (Phi) is 2.85. The highest BCUT2D eigenvalue weighted by Gasteiger charge is 2.42. The van der Waals surface area contributed by atoms with E-state index >= 15 is 0 Å². The summed E-state index contributed by atoms with van der Waals surface area (Å²) in [5.74, 6) is 1.90. The number of fused-ring (bicyclic) bond motifs is 2. The second-order valence-corrected chi connectivity index (χ2v) is 9.75. The van der Waals surface area contributed by atoms with Crippen LogP contribution in [-0.2, 0) is 4.43 Å². The van der Waals surface area contributed by atoms with Crippen LogP contribution in [0.25, 0.3) is 0 Å². The molecular weight excluding hydrogens is 188 g/mol. The third-order valence-corrected chi connectivity index (χ3v) is 5.99. The Balaban J connectivity index is 1.88. The van der Waals surface area contributed by atoms with Gasteiger partial charge in [0, 0.05) is 6.10 Å². The van der Waals surface area contributed by atoms with Gasteiger partial charge in [0.15, 0.2) is 8.32 Å². The number of hydrogen-bond acceptors (Lipinski definition) is 1. The minimum absolute atomic E-state index is 0.607. The summed E-state index contributed by atoms with van der Waals surface area (Å²) in [6, 6.07) is 1.10. The second-order valence-electron chi connectivity index (χ2n) is 5.58. The van der Waals surface area contributed by atoms with Crippen molar-refractivity contribution in [2.75, 3.05) is 0 Å². The highest BCUT2D eigenvalue weighted by Crippen LogP contribution is 2.46. The fraction of sp³-hybridized carbons (Fsp3) is 0.833. The minimum Gasteiger partial charge on any atom is -0.414 e. The van der Waals surface area contributed by atoms with Crippen LogP contribution in [0.15, 0.2) is 12.7 Å². The Bertz CT molecular complexity index is 224. The van der Waals surface area contributed by atoms with Crippen molar-refractivity contribution in [3.8, 4) is 0 Å². The van der Waals surface area contributed by atoms with Gasteiger partial charge in [-0.2, -0.15) is 0 Å². The van der Waals surface area contributed by atoms with Gasteiger partial charge in [0.1, 0.15) is 0 Å². The molecule has 0 heterocycles. The van der Waals surface area contributed by atoms with E-state index in [1.807, 2.05) is 6.08 Å². The van der Waals surface area contributed by atoms with E-state index < -0.39 is 8.32 Å². The van der Waals surface area contributed by atoms with Gasteiger partial charge in [-0.25, -0.2) is 0 Å². The molecule has 0 aliphatic heterocycles. The van der Waals surface area contributed by atoms with Crippen molar-refractivity contribution < 1.29 is 4.43 Å². The first-order valence-electron chi connectivity index (χ1n) is 5.89. The molecule has 0 N–H and O–H groups in total. The van der Waals surface area contributed by atoms with E-state index in [9.17, 15) is 0 Å². The molecule has 14 heavy (non-hydrogen) atoms. The van der Waals surface area contributed by atoms with E-state index in [-0.39, 0.29) is 0 Å². The van der Waals surface area contributed by atoms with Crippen LogP contribution in [0, 0.1) is 11.8 Å². The van der Waals surface area contributed by atoms with Gasteiger partial charge in [-0.15, -0.1) is 6.58 Å². The van der Waals surface area contributed by atoms with E-state index in [0.29, 0.717) is 6.10 Å². The monoisotopic (exact) mass is 210 g/mol. The summed E-state index contributed by atoms with van der Waals surface area (Å²) in [7, 11) is -1.42. The molecule has 0 aromatic carbocycles. The normalized spacial score (nSPS) is 36.3. The first kappa shape index (κ1) is 10.4. The van der Waals surface area contributed by atoms with Crippen molar-refractivity contribution in [2.24, 2.45) is 11.8 Å². The summed E-state index contributed by atoms with van der Waals surface area (Å²) in [5, 5.41) is 0. The summed E-state index contributed by atoms with van der Waals surface area (Å²) < 4.78 is 6.34. The molecule has 0 amide bonds. The molecule has 2 heteroatoms. The van der Waals surface area contributed by atoms with Crippen LogP contribution in [0.3, 0.4) is 0 Å². The molecule has 0 radical (unpaired) electrons. The number of hydrogen-bond donors (Lipinski definition) is 0. The maximum Gasteiger partial charge on any atom is 0.190 e. The molecule has 0 aromatic heterocycles. The van der Waals surface area contributed by atoms with Crippen LogP contribution in [0.5, 0.6) is 0 Å². The fourth-order valence-electron chi connectivity index (χ4n) is 3.14. The van der Waals surface area contributed by atoms with E-state index in [0.717, 1.165) is 17.9 Å². The molecule has 2 rings (SSSR count). The first-order valence-corrected chi connectivity index (χ1v) is 9.01. The average molecular weight is 210 g/mol. The highest BCUT2D eigenvalue weighted by atomic mass is 28.4. The van der Waals surface area contributed by atoms with Gasteiger partial charge in [-0.3, -0.25) is 0 Å². The quantitative estimate of drug-likeness (QED) is 0.509. The van der Waals surface area contributed by atoms with E-state index in [4.69, 9.17) is 4.43 Å². The fourth-order valence-corrected chi connectivity index (χ4v) is 5.04. The molecule has 2 bridgehead atoms. The Hall–Kier alpha value is -0.0831. The molecule has 0 aromatic rings. The van der Waals surface area contributed by atoms with E-state index in [1.54, 1.807) is 0 Å². The van der Waals surface area contributed by atoms with Gasteiger partial charge >= 0.3 is 0 Å². The largest absolute Gasteiger partial charge is 0.414 e. The lowest BCUT2D eigenvalue weighted by Crippen LogP contribution is -2.37. The molecule has 2 fully saturated rings. The summed E-state index contributed by atoms with van der Waals surface area (Å²) in [6.45, 7) is 8.46. The zero-order valence-corrected chi connectivity index (χ0v) is 10.5. The number of allylic oxidation sites excluding steroid dienone is 1. The van der Waals surface area contributed by atoms with Crippen LogP contribution in [0.1, 0.15) is 25.7 Å². The predicted octanol–water partition coefficient (Wildman–Crippen LogP) is 3.58. The molecule has 1 nitrogen and oxygen atoms in total. The molecule has 2 saturated carbocycles. The first-order chi connectivity index (χ1) is 6.61. The van der Waals surface area contributed by atoms with Crippen molar-refractivity contribution in [3.63, 3.8) is 0 Å². The molecular formula is C12H22OSi. The summed E-state index contributed by atoms with van der Waals surface area (Å²) in [6.07, 6.45) is 8.32. The molecule has 2 aliphatic carbocycles. The molecule has 2 aliphatic rings. The van der Waals surface area contributed by atoms with Crippen LogP contribution < -0.4 is 0 Å². The van der Waals surface area contributed by atoms with Crippen LogP contribution in [0.2, 0.25) is 19.1 Å². The smallest absolute Gasteiger partial charge is 0.190 e. The van der Waals surface area contributed by atoms with Gasteiger partial charge in [0.2, 0.25) is 0 Å². The van der Waals surface area contributed by atoms with Gasteiger partial charge in [0.05, 0.1) is 0 Å². The summed E-state index contributed by atoms with van der Waals surface area (Å²) in [4.78, 5) is 0. The summed E-state index contributed by atoms with van der Waals surface area (Å²) in [5.41, 5.74) is 0. The van der Waals surface area contributed by atoms with Crippen LogP contribution in [0.4, 0.5) is 0 Å². The van der Waals surface area contributed by atoms with Gasteiger partial charge < -0.3 is 4.43 Å². The van der Waals surface area contributed by atoms with Crippen molar-refractivity contribution in [1.29, 1.82) is 0 Å². The van der Waals surface area contributed by atoms with Gasteiger partial charge in [-0.1, -0.05) is 6.08 Å². The van der Waals surface area contributed by atoms with Crippen molar-refractivity contribution in [2.45, 2.75) is 50.9 Å². The highest BCUT2D eigenvalue weighted by molar-refractivity contribution is 6.71. The molecule has 80 valence electrons. The maximum absolute atomic E-state index is 6.34. The zero-order chi connectivity index (χ0) is 10.2. The minimum atomic E-state index is -1.42. The average Bonchev–Trinajstić information content (AvgIpc) is 2.63. The molecule has 3 atom stereocenters. The lowest BCUT2D eigenvalue weighted by molar-refractivity contribution is 0.130. The molecule has 0 saturated heterocycles.